The SMILES string of the molecule is C[C@H](c1nc2ccccc2s1)N(C)C(=O)Cc1nn(C)c(=O)c2ccccc12. The number of rotatable bonds is 4. The summed E-state index contributed by atoms with van der Waals surface area (Å²) in [5.41, 5.74) is 1.38. The van der Waals surface area contributed by atoms with Gasteiger partial charge in [-0.15, -0.1) is 11.3 Å². The van der Waals surface area contributed by atoms with Gasteiger partial charge in [-0.1, -0.05) is 30.3 Å². The van der Waals surface area contributed by atoms with Gasteiger partial charge in [0.1, 0.15) is 5.01 Å². The average Bonchev–Trinajstić information content (AvgIpc) is 3.15. The first-order chi connectivity index (χ1) is 13.5. The molecule has 4 rings (SSSR count). The summed E-state index contributed by atoms with van der Waals surface area (Å²) in [6.45, 7) is 1.97. The molecule has 2 aromatic heterocycles. The van der Waals surface area contributed by atoms with Crippen LogP contribution in [0.1, 0.15) is 23.7 Å². The predicted octanol–water partition coefficient (Wildman–Crippen LogP) is 3.31. The predicted molar refractivity (Wildman–Crippen MR) is 111 cm³/mol. The number of hydrogen-bond acceptors (Lipinski definition) is 5. The van der Waals surface area contributed by atoms with Crippen molar-refractivity contribution >= 4 is 38.2 Å². The lowest BCUT2D eigenvalue weighted by atomic mass is 10.1. The largest absolute Gasteiger partial charge is 0.336 e. The van der Waals surface area contributed by atoms with Crippen molar-refractivity contribution in [3.63, 3.8) is 0 Å². The summed E-state index contributed by atoms with van der Waals surface area (Å²) >= 11 is 1.60. The lowest BCUT2D eigenvalue weighted by molar-refractivity contribution is -0.131. The Balaban J connectivity index is 1.62. The van der Waals surface area contributed by atoms with Crippen LogP contribution >= 0.6 is 11.3 Å². The molecule has 6 nitrogen and oxygen atoms in total. The standard InChI is InChI=1S/C21H20N4O2S/c1-13(20-22-16-10-6-7-11-18(16)28-20)24(2)19(26)12-17-14-8-4-5-9-15(14)21(27)25(3)23-17/h4-11,13H,12H2,1-3H3/t13-/m1/s1. The fraction of sp³-hybridized carbons (Fsp3) is 0.238. The number of thiazole rings is 1. The van der Waals surface area contributed by atoms with Crippen LogP contribution in [0, 0.1) is 0 Å². The van der Waals surface area contributed by atoms with E-state index in [0.717, 1.165) is 20.6 Å². The van der Waals surface area contributed by atoms with Crippen LogP contribution < -0.4 is 5.56 Å². The van der Waals surface area contributed by atoms with E-state index in [4.69, 9.17) is 0 Å². The molecule has 0 fully saturated rings. The molecule has 1 amide bonds. The molecule has 2 aromatic carbocycles. The number of para-hydroxylation sites is 1. The Morgan fingerprint density at radius 2 is 1.82 bits per heavy atom. The fourth-order valence-corrected chi connectivity index (χ4v) is 4.29. The molecule has 2 heterocycles. The lowest BCUT2D eigenvalue weighted by Gasteiger charge is -2.23. The molecule has 0 aliphatic carbocycles. The fourth-order valence-electron chi connectivity index (χ4n) is 3.22. The Morgan fingerprint density at radius 1 is 1.14 bits per heavy atom. The van der Waals surface area contributed by atoms with Crippen molar-refractivity contribution in [1.29, 1.82) is 0 Å². The van der Waals surface area contributed by atoms with E-state index in [9.17, 15) is 9.59 Å². The molecule has 7 heteroatoms. The van der Waals surface area contributed by atoms with Gasteiger partial charge in [-0.3, -0.25) is 9.59 Å². The van der Waals surface area contributed by atoms with Gasteiger partial charge >= 0.3 is 0 Å². The van der Waals surface area contributed by atoms with Crippen LogP contribution in [0.25, 0.3) is 21.0 Å². The summed E-state index contributed by atoms with van der Waals surface area (Å²) < 4.78 is 2.40. The van der Waals surface area contributed by atoms with Gasteiger partial charge in [0.15, 0.2) is 0 Å². The molecule has 4 aromatic rings. The zero-order valence-corrected chi connectivity index (χ0v) is 16.7. The highest BCUT2D eigenvalue weighted by Gasteiger charge is 2.22. The van der Waals surface area contributed by atoms with Crippen molar-refractivity contribution < 1.29 is 4.79 Å². The second-order valence-electron chi connectivity index (χ2n) is 6.80. The number of nitrogens with zero attached hydrogens (tertiary/aromatic N) is 4. The number of fused-ring (bicyclic) bond motifs is 2. The quantitative estimate of drug-likeness (QED) is 0.534. The molecule has 142 valence electrons. The number of benzene rings is 2. The normalized spacial score (nSPS) is 12.4. The Labute approximate surface area is 166 Å². The Morgan fingerprint density at radius 3 is 2.57 bits per heavy atom. The molecule has 0 saturated carbocycles. The minimum absolute atomic E-state index is 0.0666. The first-order valence-electron chi connectivity index (χ1n) is 9.01. The van der Waals surface area contributed by atoms with Crippen LogP contribution in [-0.4, -0.2) is 32.6 Å². The van der Waals surface area contributed by atoms with Gasteiger partial charge in [0, 0.05) is 19.5 Å². The van der Waals surface area contributed by atoms with Crippen LogP contribution in [0.5, 0.6) is 0 Å². The molecule has 0 bridgehead atoms. The number of aryl methyl sites for hydroxylation is 1. The first kappa shape index (κ1) is 18.3. The maximum absolute atomic E-state index is 13.0. The van der Waals surface area contributed by atoms with Gasteiger partial charge in [-0.2, -0.15) is 5.10 Å². The average molecular weight is 392 g/mol. The summed E-state index contributed by atoms with van der Waals surface area (Å²) in [6, 6.07) is 15.1. The number of carbonyl (C=O) groups is 1. The summed E-state index contributed by atoms with van der Waals surface area (Å²) in [5.74, 6) is -0.0666. The van der Waals surface area contributed by atoms with Crippen LogP contribution in [0.4, 0.5) is 0 Å². The molecule has 0 spiro atoms. The molecular weight excluding hydrogens is 372 g/mol. The molecule has 0 radical (unpaired) electrons. The lowest BCUT2D eigenvalue weighted by Crippen LogP contribution is -2.32. The first-order valence-corrected chi connectivity index (χ1v) is 9.83. The summed E-state index contributed by atoms with van der Waals surface area (Å²) in [7, 11) is 3.39. The van der Waals surface area contributed by atoms with Crippen LogP contribution in [0.15, 0.2) is 53.3 Å². The third kappa shape index (κ3) is 3.18. The smallest absolute Gasteiger partial charge is 0.274 e. The van der Waals surface area contributed by atoms with E-state index in [2.05, 4.69) is 10.1 Å². The van der Waals surface area contributed by atoms with E-state index in [1.807, 2.05) is 49.4 Å². The maximum atomic E-state index is 13.0. The highest BCUT2D eigenvalue weighted by Crippen LogP contribution is 2.29. The van der Waals surface area contributed by atoms with Crippen molar-refractivity contribution in [2.24, 2.45) is 7.05 Å². The van der Waals surface area contributed by atoms with Crippen molar-refractivity contribution in [3.05, 3.63) is 69.6 Å². The molecule has 0 aliphatic heterocycles. The van der Waals surface area contributed by atoms with E-state index in [-0.39, 0.29) is 23.9 Å². The van der Waals surface area contributed by atoms with Gasteiger partial charge in [0.2, 0.25) is 5.91 Å². The third-order valence-electron chi connectivity index (χ3n) is 4.99. The second kappa shape index (κ2) is 7.16. The molecule has 0 aliphatic rings. The highest BCUT2D eigenvalue weighted by atomic mass is 32.1. The van der Waals surface area contributed by atoms with Gasteiger partial charge in [-0.25, -0.2) is 9.67 Å². The van der Waals surface area contributed by atoms with Gasteiger partial charge in [-0.05, 0) is 25.1 Å². The Bertz CT molecular complexity index is 1210. The van der Waals surface area contributed by atoms with E-state index in [1.165, 1.54) is 4.68 Å². The summed E-state index contributed by atoms with van der Waals surface area (Å²) in [5, 5.41) is 6.53. The zero-order chi connectivity index (χ0) is 19.8. The van der Waals surface area contributed by atoms with Crippen molar-refractivity contribution in [3.8, 4) is 0 Å². The van der Waals surface area contributed by atoms with E-state index >= 15 is 0 Å². The number of aromatic nitrogens is 3. The minimum atomic E-state index is -0.164. The zero-order valence-electron chi connectivity index (χ0n) is 15.9. The maximum Gasteiger partial charge on any atom is 0.274 e. The number of carbonyl (C=O) groups excluding carboxylic acids is 1. The molecule has 0 saturated heterocycles. The third-order valence-corrected chi connectivity index (χ3v) is 6.20. The van der Waals surface area contributed by atoms with E-state index in [0.29, 0.717) is 11.1 Å². The van der Waals surface area contributed by atoms with Crippen LogP contribution in [0.3, 0.4) is 0 Å². The van der Waals surface area contributed by atoms with Crippen LogP contribution in [-0.2, 0) is 18.3 Å². The van der Waals surface area contributed by atoms with E-state index < -0.39 is 0 Å². The highest BCUT2D eigenvalue weighted by molar-refractivity contribution is 7.18. The Hall–Kier alpha value is -3.06. The number of amides is 1. The topological polar surface area (TPSA) is 68.1 Å². The van der Waals surface area contributed by atoms with Crippen molar-refractivity contribution in [2.75, 3.05) is 7.05 Å². The van der Waals surface area contributed by atoms with Gasteiger partial charge in [0.05, 0.1) is 33.8 Å². The van der Waals surface area contributed by atoms with Crippen LogP contribution in [0.2, 0.25) is 0 Å². The number of hydrogen-bond donors (Lipinski definition) is 0. The monoisotopic (exact) mass is 392 g/mol. The van der Waals surface area contributed by atoms with Crippen molar-refractivity contribution in [1.82, 2.24) is 19.7 Å². The molecule has 28 heavy (non-hydrogen) atoms. The molecule has 1 atom stereocenters. The molecule has 0 N–H and O–H groups in total. The summed E-state index contributed by atoms with van der Waals surface area (Å²) in [4.78, 5) is 31.6. The summed E-state index contributed by atoms with van der Waals surface area (Å²) in [6.07, 6.45) is 0.125. The van der Waals surface area contributed by atoms with Gasteiger partial charge < -0.3 is 4.90 Å². The molecule has 0 unspecified atom stereocenters. The Kier molecular flexibility index (Phi) is 4.68. The van der Waals surface area contributed by atoms with Crippen molar-refractivity contribution in [2.45, 2.75) is 19.4 Å². The minimum Gasteiger partial charge on any atom is -0.336 e. The van der Waals surface area contributed by atoms with E-state index in [1.54, 1.807) is 36.4 Å². The number of likely N-dealkylation sites (N-methyl/N-ethyl adjacent to an activating group) is 1. The van der Waals surface area contributed by atoms with Gasteiger partial charge in [0.25, 0.3) is 5.56 Å². The molecular formula is C21H20N4O2S. The second-order valence-corrected chi connectivity index (χ2v) is 7.86.